The van der Waals surface area contributed by atoms with Gasteiger partial charge in [-0.1, -0.05) is 11.6 Å². The molecule has 0 radical (unpaired) electrons. The third-order valence-electron chi connectivity index (χ3n) is 2.69. The van der Waals surface area contributed by atoms with Gasteiger partial charge in [-0.15, -0.1) is 0 Å². The molecule has 1 aliphatic heterocycles. The molecule has 1 nitrogen and oxygen atoms in total. The zero-order valence-corrected chi connectivity index (χ0v) is 10.6. The summed E-state index contributed by atoms with van der Waals surface area (Å²) in [5.41, 5.74) is -0.531. The average Bonchev–Trinajstić information content (AvgIpc) is 2.72. The van der Waals surface area contributed by atoms with Crippen molar-refractivity contribution in [3.8, 4) is 0 Å². The Morgan fingerprint density at radius 1 is 1.24 bits per heavy atom. The van der Waals surface area contributed by atoms with Crippen LogP contribution < -0.4 is 0 Å². The number of nitrogens with zero attached hydrogens (tertiary/aromatic N) is 1. The highest BCUT2D eigenvalue weighted by molar-refractivity contribution is 7.96. The van der Waals surface area contributed by atoms with Gasteiger partial charge in [0.2, 0.25) is 0 Å². The molecule has 2 heterocycles. The summed E-state index contributed by atoms with van der Waals surface area (Å²) in [6, 6.07) is 2.90. The lowest BCUT2D eigenvalue weighted by Crippen LogP contribution is -2.16. The van der Waals surface area contributed by atoms with E-state index >= 15 is 0 Å². The SMILES string of the molecule is FC(F)(F)c1nc(Cl)ccc1C[S+]1CCCC1. The molecule has 0 N–H and O–H groups in total. The third kappa shape index (κ3) is 3.28. The number of alkyl halides is 3. The minimum absolute atomic E-state index is 0.0869. The highest BCUT2D eigenvalue weighted by atomic mass is 35.5. The predicted octanol–water partition coefficient (Wildman–Crippen LogP) is 3.67. The second kappa shape index (κ2) is 5.06. The second-order valence-electron chi connectivity index (χ2n) is 4.01. The summed E-state index contributed by atoms with van der Waals surface area (Å²) < 4.78 is 38.4. The van der Waals surface area contributed by atoms with Gasteiger partial charge in [-0.3, -0.25) is 0 Å². The van der Waals surface area contributed by atoms with Crippen LogP contribution in [-0.4, -0.2) is 16.5 Å². The smallest absolute Gasteiger partial charge is 0.231 e. The summed E-state index contributed by atoms with van der Waals surface area (Å²) in [4.78, 5) is 3.43. The van der Waals surface area contributed by atoms with Gasteiger partial charge in [0, 0.05) is 5.56 Å². The van der Waals surface area contributed by atoms with Crippen molar-refractivity contribution in [3.63, 3.8) is 0 Å². The lowest BCUT2D eigenvalue weighted by atomic mass is 10.2. The van der Waals surface area contributed by atoms with Gasteiger partial charge in [0.15, 0.2) is 5.69 Å². The Morgan fingerprint density at radius 3 is 2.47 bits per heavy atom. The normalized spacial score (nSPS) is 17.6. The van der Waals surface area contributed by atoms with Crippen LogP contribution in [0.1, 0.15) is 24.1 Å². The Labute approximate surface area is 106 Å². The number of aromatic nitrogens is 1. The van der Waals surface area contributed by atoms with Crippen LogP contribution in [0.4, 0.5) is 13.2 Å². The Morgan fingerprint density at radius 2 is 1.88 bits per heavy atom. The van der Waals surface area contributed by atoms with Crippen molar-refractivity contribution in [2.24, 2.45) is 0 Å². The van der Waals surface area contributed by atoms with Crippen molar-refractivity contribution >= 4 is 22.5 Å². The summed E-state index contributed by atoms with van der Waals surface area (Å²) in [5.74, 6) is 2.57. The van der Waals surface area contributed by atoms with E-state index in [9.17, 15) is 13.2 Å². The maximum absolute atomic E-state index is 12.8. The number of rotatable bonds is 2. The summed E-state index contributed by atoms with van der Waals surface area (Å²) in [6.07, 6.45) is -2.15. The molecule has 0 unspecified atom stereocenters. The fraction of sp³-hybridized carbons (Fsp3) is 0.545. The predicted molar refractivity (Wildman–Crippen MR) is 64.3 cm³/mol. The molecule has 2 rings (SSSR count). The van der Waals surface area contributed by atoms with Crippen molar-refractivity contribution in [1.82, 2.24) is 4.98 Å². The Balaban J connectivity index is 2.25. The molecular weight excluding hydrogens is 271 g/mol. The van der Waals surface area contributed by atoms with Gasteiger partial charge in [-0.25, -0.2) is 4.98 Å². The molecule has 1 fully saturated rings. The quantitative estimate of drug-likeness (QED) is 0.596. The molecule has 94 valence electrons. The van der Waals surface area contributed by atoms with Crippen LogP contribution in [0.3, 0.4) is 0 Å². The molecule has 0 atom stereocenters. The van der Waals surface area contributed by atoms with Crippen LogP contribution >= 0.6 is 11.6 Å². The Hall–Kier alpha value is -0.420. The topological polar surface area (TPSA) is 12.9 Å². The number of hydrogen-bond acceptors (Lipinski definition) is 1. The molecule has 1 saturated heterocycles. The van der Waals surface area contributed by atoms with E-state index in [1.807, 2.05) is 0 Å². The number of pyridine rings is 1. The molecule has 0 bridgehead atoms. The zero-order valence-electron chi connectivity index (χ0n) is 9.06. The van der Waals surface area contributed by atoms with Gasteiger partial charge in [0.05, 0.1) is 0 Å². The Kier molecular flexibility index (Phi) is 3.88. The van der Waals surface area contributed by atoms with E-state index in [1.54, 1.807) is 0 Å². The van der Waals surface area contributed by atoms with Crippen molar-refractivity contribution in [1.29, 1.82) is 0 Å². The molecular formula is C11H12ClF3NS+. The van der Waals surface area contributed by atoms with E-state index in [4.69, 9.17) is 11.6 Å². The van der Waals surface area contributed by atoms with E-state index in [1.165, 1.54) is 12.1 Å². The van der Waals surface area contributed by atoms with E-state index in [2.05, 4.69) is 4.98 Å². The molecule has 1 aromatic rings. The zero-order chi connectivity index (χ0) is 12.5. The molecule has 1 aromatic heterocycles. The molecule has 1 aliphatic rings. The molecule has 6 heteroatoms. The van der Waals surface area contributed by atoms with Crippen LogP contribution in [0.5, 0.6) is 0 Å². The first-order valence-electron chi connectivity index (χ1n) is 5.33. The Bertz CT molecular complexity index is 402. The van der Waals surface area contributed by atoms with Crippen molar-refractivity contribution in [2.45, 2.75) is 24.8 Å². The van der Waals surface area contributed by atoms with Crippen LogP contribution in [0.25, 0.3) is 0 Å². The van der Waals surface area contributed by atoms with Crippen LogP contribution in [0.2, 0.25) is 5.15 Å². The van der Waals surface area contributed by atoms with Crippen molar-refractivity contribution in [3.05, 3.63) is 28.5 Å². The number of halogens is 4. The summed E-state index contributed by atoms with van der Waals surface area (Å²) in [5, 5.41) is -0.101. The third-order valence-corrected chi connectivity index (χ3v) is 5.35. The van der Waals surface area contributed by atoms with Gasteiger partial charge in [0.1, 0.15) is 22.4 Å². The molecule has 0 spiro atoms. The van der Waals surface area contributed by atoms with Gasteiger partial charge in [-0.05, 0) is 35.9 Å². The maximum Gasteiger partial charge on any atom is 0.433 e. The number of hydrogen-bond donors (Lipinski definition) is 0. The largest absolute Gasteiger partial charge is 0.433 e. The van der Waals surface area contributed by atoms with Gasteiger partial charge in [0.25, 0.3) is 0 Å². The van der Waals surface area contributed by atoms with Crippen LogP contribution in [-0.2, 0) is 22.8 Å². The second-order valence-corrected chi connectivity index (χ2v) is 6.73. The minimum Gasteiger partial charge on any atom is -0.231 e. The fourth-order valence-electron chi connectivity index (χ4n) is 1.90. The highest BCUT2D eigenvalue weighted by Gasteiger charge is 2.38. The minimum atomic E-state index is -4.41. The van der Waals surface area contributed by atoms with Crippen LogP contribution in [0, 0.1) is 0 Å². The van der Waals surface area contributed by atoms with E-state index < -0.39 is 11.9 Å². The summed E-state index contributed by atoms with van der Waals surface area (Å²) in [6.45, 7) is 0. The van der Waals surface area contributed by atoms with Crippen molar-refractivity contribution in [2.75, 3.05) is 11.5 Å². The average molecular weight is 283 g/mol. The van der Waals surface area contributed by atoms with Gasteiger partial charge in [-0.2, -0.15) is 13.2 Å². The van der Waals surface area contributed by atoms with E-state index in [-0.39, 0.29) is 21.6 Å². The summed E-state index contributed by atoms with van der Waals surface area (Å²) >= 11 is 5.53. The maximum atomic E-state index is 12.8. The lowest BCUT2D eigenvalue weighted by molar-refractivity contribution is -0.141. The monoisotopic (exact) mass is 282 g/mol. The first kappa shape index (κ1) is 13.0. The fourth-order valence-corrected chi connectivity index (χ4v) is 4.44. The first-order valence-corrected chi connectivity index (χ1v) is 7.44. The van der Waals surface area contributed by atoms with Crippen molar-refractivity contribution < 1.29 is 13.2 Å². The first-order chi connectivity index (χ1) is 7.97. The standard InChI is InChI=1S/C11H12ClF3NS/c12-9-4-3-8(7-17-5-1-2-6-17)10(16-9)11(13,14)15/h3-4H,1-2,5-7H2/q+1. The molecule has 0 aromatic carbocycles. The molecule has 0 amide bonds. The molecule has 0 aliphatic carbocycles. The van der Waals surface area contributed by atoms with Gasteiger partial charge >= 0.3 is 6.18 Å². The van der Waals surface area contributed by atoms with E-state index in [0.29, 0.717) is 5.75 Å². The van der Waals surface area contributed by atoms with Gasteiger partial charge < -0.3 is 0 Å². The molecule has 17 heavy (non-hydrogen) atoms. The summed E-state index contributed by atoms with van der Waals surface area (Å²) in [7, 11) is 0.0869. The molecule has 0 saturated carbocycles. The van der Waals surface area contributed by atoms with Crippen LogP contribution in [0.15, 0.2) is 12.1 Å². The lowest BCUT2D eigenvalue weighted by Gasteiger charge is -2.11. The van der Waals surface area contributed by atoms with E-state index in [0.717, 1.165) is 24.3 Å². The highest BCUT2D eigenvalue weighted by Crippen LogP contribution is 2.33.